The molecule has 3 aromatic carbocycles. The molecule has 4 rings (SSSR count). The predicted molar refractivity (Wildman–Crippen MR) is 199 cm³/mol. The maximum Gasteiger partial charge on any atom is 0.356 e. The SMILES string of the molecule is CCc1c(C)c(C(=O)O)c(C)c(C)c1OC(=O)c1c(C)cc(OC(=O)c2c(C)c(C)c(OC(=O)[C@@]3(O)C(C)=CC(=O)C=C3OC)c(C)c2CC)c(C)c1O. The van der Waals surface area contributed by atoms with Gasteiger partial charge in [-0.1, -0.05) is 13.8 Å². The van der Waals surface area contributed by atoms with E-state index in [1.165, 1.54) is 27.0 Å². The van der Waals surface area contributed by atoms with E-state index >= 15 is 0 Å². The molecule has 0 heterocycles. The van der Waals surface area contributed by atoms with E-state index in [2.05, 4.69) is 0 Å². The van der Waals surface area contributed by atoms with Gasteiger partial charge >= 0.3 is 23.9 Å². The number of esters is 3. The average Bonchev–Trinajstić information content (AvgIpc) is 3.10. The van der Waals surface area contributed by atoms with Crippen molar-refractivity contribution in [2.45, 2.75) is 94.6 Å². The summed E-state index contributed by atoms with van der Waals surface area (Å²) in [6, 6.07) is 1.45. The monoisotopic (exact) mass is 742 g/mol. The molecule has 0 radical (unpaired) electrons. The highest BCUT2D eigenvalue weighted by molar-refractivity contribution is 6.06. The molecule has 1 aliphatic carbocycles. The van der Waals surface area contributed by atoms with Crippen LogP contribution in [0.15, 0.2) is 29.6 Å². The molecule has 0 saturated heterocycles. The fourth-order valence-corrected chi connectivity index (χ4v) is 7.08. The Kier molecular flexibility index (Phi) is 11.6. The molecule has 0 amide bonds. The molecular weight excluding hydrogens is 696 g/mol. The summed E-state index contributed by atoms with van der Waals surface area (Å²) in [5.41, 5.74) is 2.03. The van der Waals surface area contributed by atoms with Crippen molar-refractivity contribution in [2.75, 3.05) is 7.11 Å². The van der Waals surface area contributed by atoms with Crippen molar-refractivity contribution in [3.63, 3.8) is 0 Å². The van der Waals surface area contributed by atoms with E-state index in [9.17, 15) is 39.3 Å². The number of carbonyl (C=O) groups excluding carboxylic acids is 4. The molecule has 0 aliphatic heterocycles. The fraction of sp³-hybridized carbons (Fsp3) is 0.357. The lowest BCUT2D eigenvalue weighted by Gasteiger charge is -2.31. The number of carboxylic acid groups (broad SMARTS) is 1. The first-order chi connectivity index (χ1) is 25.2. The van der Waals surface area contributed by atoms with Gasteiger partial charge in [0.2, 0.25) is 5.60 Å². The molecule has 3 N–H and O–H groups in total. The summed E-state index contributed by atoms with van der Waals surface area (Å²) in [7, 11) is 1.23. The Balaban J connectivity index is 1.70. The molecule has 0 spiro atoms. The second kappa shape index (κ2) is 15.3. The largest absolute Gasteiger partial charge is 0.507 e. The molecule has 0 aromatic heterocycles. The number of phenols is 1. The molecule has 0 unspecified atom stereocenters. The van der Waals surface area contributed by atoms with E-state index in [1.54, 1.807) is 48.5 Å². The number of hydrogen-bond acceptors (Lipinski definition) is 11. The van der Waals surface area contributed by atoms with Crippen LogP contribution in [-0.4, -0.2) is 57.7 Å². The van der Waals surface area contributed by atoms with Crippen LogP contribution in [0.5, 0.6) is 23.0 Å². The number of ether oxygens (including phenoxy) is 4. The van der Waals surface area contributed by atoms with Gasteiger partial charge in [-0.15, -0.1) is 0 Å². The number of allylic oxidation sites excluding steroid dienone is 2. The number of rotatable bonds is 10. The number of aliphatic hydroxyl groups is 1. The van der Waals surface area contributed by atoms with Gasteiger partial charge in [-0.2, -0.15) is 0 Å². The summed E-state index contributed by atoms with van der Waals surface area (Å²) < 4.78 is 22.7. The Hall–Kier alpha value is -5.75. The molecule has 0 bridgehead atoms. The number of hydrogen-bond donors (Lipinski definition) is 3. The van der Waals surface area contributed by atoms with Gasteiger partial charge in [0.05, 0.1) is 18.2 Å². The number of aryl methyl sites for hydroxylation is 1. The Bertz CT molecular complexity index is 2220. The van der Waals surface area contributed by atoms with Gasteiger partial charge in [-0.05, 0) is 143 Å². The lowest BCUT2D eigenvalue weighted by Crippen LogP contribution is -2.47. The second-order valence-electron chi connectivity index (χ2n) is 13.5. The Morgan fingerprint density at radius 1 is 0.667 bits per heavy atom. The van der Waals surface area contributed by atoms with Crippen molar-refractivity contribution >= 4 is 29.7 Å². The van der Waals surface area contributed by atoms with E-state index in [0.29, 0.717) is 57.3 Å². The number of benzene rings is 3. The number of carboxylic acids is 1. The third kappa shape index (κ3) is 6.77. The van der Waals surface area contributed by atoms with Crippen LogP contribution in [0.1, 0.15) is 107 Å². The zero-order valence-electron chi connectivity index (χ0n) is 32.7. The molecule has 0 saturated carbocycles. The molecule has 286 valence electrons. The molecular formula is C42H46O12. The minimum atomic E-state index is -2.35. The highest BCUT2D eigenvalue weighted by atomic mass is 16.6. The van der Waals surface area contributed by atoms with Crippen molar-refractivity contribution in [1.29, 1.82) is 0 Å². The van der Waals surface area contributed by atoms with Crippen molar-refractivity contribution in [1.82, 2.24) is 0 Å². The van der Waals surface area contributed by atoms with Gasteiger partial charge < -0.3 is 34.3 Å². The number of aromatic carboxylic acids is 1. The summed E-state index contributed by atoms with van der Waals surface area (Å²) in [5.74, 6) is -4.65. The minimum Gasteiger partial charge on any atom is -0.507 e. The fourth-order valence-electron chi connectivity index (χ4n) is 7.08. The van der Waals surface area contributed by atoms with Crippen LogP contribution in [0.25, 0.3) is 0 Å². The smallest absolute Gasteiger partial charge is 0.356 e. The first-order valence-corrected chi connectivity index (χ1v) is 17.4. The van der Waals surface area contributed by atoms with E-state index in [-0.39, 0.29) is 56.4 Å². The van der Waals surface area contributed by atoms with Crippen LogP contribution in [0.3, 0.4) is 0 Å². The molecule has 0 fully saturated rings. The Labute approximate surface area is 314 Å². The van der Waals surface area contributed by atoms with E-state index in [1.807, 2.05) is 13.8 Å². The summed E-state index contributed by atoms with van der Waals surface area (Å²) >= 11 is 0. The number of carbonyl (C=O) groups is 5. The standard InChI is InChI=1S/C42H46O12/c1-13-28-25(10)36(54-41(49)42(50)19(4)16-27(43)17-31(42)51-12)22(7)21(6)34(28)40(48)52-30-15-18(3)32(35(44)26(30)11)39(47)53-37-23(8)20(5)33(38(45)46)24(9)29(37)14-2/h15-17,44,50H,13-14H2,1-12H3,(H,45,46)/t42-/m1/s1. The van der Waals surface area contributed by atoms with Gasteiger partial charge in [-0.3, -0.25) is 4.79 Å². The third-order valence-corrected chi connectivity index (χ3v) is 10.5. The summed E-state index contributed by atoms with van der Waals surface area (Å²) in [4.78, 5) is 65.1. The van der Waals surface area contributed by atoms with Gasteiger partial charge in [0.25, 0.3) is 0 Å². The second-order valence-corrected chi connectivity index (χ2v) is 13.5. The summed E-state index contributed by atoms with van der Waals surface area (Å²) in [6.45, 7) is 18.1. The summed E-state index contributed by atoms with van der Waals surface area (Å²) in [5, 5.41) is 32.5. The van der Waals surface area contributed by atoms with Crippen LogP contribution in [-0.2, 0) is 27.2 Å². The van der Waals surface area contributed by atoms with E-state index in [0.717, 1.165) is 12.2 Å². The van der Waals surface area contributed by atoms with Crippen molar-refractivity contribution in [3.8, 4) is 23.0 Å². The Morgan fingerprint density at radius 2 is 1.22 bits per heavy atom. The van der Waals surface area contributed by atoms with Crippen molar-refractivity contribution in [3.05, 3.63) is 102 Å². The first-order valence-electron chi connectivity index (χ1n) is 17.4. The number of ketones is 1. The van der Waals surface area contributed by atoms with E-state index in [4.69, 9.17) is 18.9 Å². The van der Waals surface area contributed by atoms with Crippen LogP contribution in [0.2, 0.25) is 0 Å². The zero-order chi connectivity index (χ0) is 40.7. The highest BCUT2D eigenvalue weighted by Gasteiger charge is 2.48. The molecule has 12 heteroatoms. The minimum absolute atomic E-state index is 0.00282. The van der Waals surface area contributed by atoms with Gasteiger partial charge in [-0.25, -0.2) is 19.2 Å². The number of phenolic OH excluding ortho intramolecular Hbond substituents is 1. The topological polar surface area (TPSA) is 183 Å². The first kappa shape index (κ1) is 41.0. The third-order valence-electron chi connectivity index (χ3n) is 10.5. The average molecular weight is 743 g/mol. The lowest BCUT2D eigenvalue weighted by molar-refractivity contribution is -0.151. The zero-order valence-corrected chi connectivity index (χ0v) is 32.7. The molecule has 1 atom stereocenters. The quantitative estimate of drug-likeness (QED) is 0.146. The van der Waals surface area contributed by atoms with Gasteiger partial charge in [0, 0.05) is 11.6 Å². The lowest BCUT2D eigenvalue weighted by atomic mass is 9.86. The molecule has 12 nitrogen and oxygen atoms in total. The van der Waals surface area contributed by atoms with Crippen LogP contribution >= 0.6 is 0 Å². The van der Waals surface area contributed by atoms with Crippen molar-refractivity contribution < 1.29 is 58.2 Å². The van der Waals surface area contributed by atoms with Gasteiger partial charge in [0.1, 0.15) is 34.3 Å². The van der Waals surface area contributed by atoms with Crippen LogP contribution < -0.4 is 14.2 Å². The summed E-state index contributed by atoms with van der Waals surface area (Å²) in [6.07, 6.45) is 2.85. The number of aromatic hydroxyl groups is 1. The molecule has 3 aromatic rings. The highest BCUT2D eigenvalue weighted by Crippen LogP contribution is 2.40. The molecule has 1 aliphatic rings. The van der Waals surface area contributed by atoms with Crippen LogP contribution in [0, 0.1) is 55.4 Å². The van der Waals surface area contributed by atoms with Gasteiger partial charge in [0.15, 0.2) is 5.78 Å². The Morgan fingerprint density at radius 3 is 1.78 bits per heavy atom. The normalized spacial score (nSPS) is 15.3. The maximum atomic E-state index is 13.9. The maximum absolute atomic E-state index is 13.9. The van der Waals surface area contributed by atoms with Crippen molar-refractivity contribution in [2.24, 2.45) is 0 Å². The van der Waals surface area contributed by atoms with E-state index < -0.39 is 41.0 Å². The number of methoxy groups -OCH3 is 1. The predicted octanol–water partition coefficient (Wildman–Crippen LogP) is 6.82. The molecule has 54 heavy (non-hydrogen) atoms. The van der Waals surface area contributed by atoms with Crippen LogP contribution in [0.4, 0.5) is 0 Å².